The van der Waals surface area contributed by atoms with Gasteiger partial charge in [-0.2, -0.15) is 0 Å². The quantitative estimate of drug-likeness (QED) is 0.734. The fourth-order valence-electron chi connectivity index (χ4n) is 3.25. The van der Waals surface area contributed by atoms with Crippen LogP contribution in [-0.2, 0) is 0 Å². The molecule has 3 heterocycles. The normalized spacial score (nSPS) is 14.0. The van der Waals surface area contributed by atoms with Crippen molar-refractivity contribution in [2.45, 2.75) is 13.8 Å². The SMILES string of the molecule is Cc1cccc(Nc2cnc(C(=O)N3CCN(c4ncccn4)CC3)cn2)c1C. The molecule has 0 bridgehead atoms. The molecule has 0 unspecified atom stereocenters. The zero-order valence-corrected chi connectivity index (χ0v) is 16.5. The summed E-state index contributed by atoms with van der Waals surface area (Å²) >= 11 is 0. The minimum atomic E-state index is -0.107. The monoisotopic (exact) mass is 389 g/mol. The van der Waals surface area contributed by atoms with Crippen LogP contribution >= 0.6 is 0 Å². The molecule has 1 aliphatic rings. The average molecular weight is 389 g/mol. The molecule has 0 aliphatic carbocycles. The molecule has 1 aliphatic heterocycles. The van der Waals surface area contributed by atoms with E-state index in [4.69, 9.17) is 0 Å². The summed E-state index contributed by atoms with van der Waals surface area (Å²) in [6, 6.07) is 7.85. The molecule has 1 aromatic carbocycles. The standard InChI is InChI=1S/C21H23N7O/c1-15-5-3-6-17(16(15)2)26-19-14-24-18(13-25-19)20(29)27-9-11-28(12-10-27)21-22-7-4-8-23-21/h3-8,13-14H,9-12H2,1-2H3,(H,25,26). The minimum Gasteiger partial charge on any atom is -0.339 e. The molecule has 0 spiro atoms. The smallest absolute Gasteiger partial charge is 0.274 e. The molecule has 8 heteroatoms. The van der Waals surface area contributed by atoms with Crippen LogP contribution < -0.4 is 10.2 Å². The second-order valence-electron chi connectivity index (χ2n) is 6.99. The number of amides is 1. The first-order chi connectivity index (χ1) is 14.1. The molecule has 1 saturated heterocycles. The lowest BCUT2D eigenvalue weighted by Crippen LogP contribution is -2.49. The number of nitrogens with zero attached hydrogens (tertiary/aromatic N) is 6. The summed E-state index contributed by atoms with van der Waals surface area (Å²) in [7, 11) is 0. The summed E-state index contributed by atoms with van der Waals surface area (Å²) in [6.07, 6.45) is 6.58. The molecule has 148 valence electrons. The van der Waals surface area contributed by atoms with Gasteiger partial charge in [-0.05, 0) is 37.1 Å². The van der Waals surface area contributed by atoms with Crippen molar-refractivity contribution in [1.82, 2.24) is 24.8 Å². The van der Waals surface area contributed by atoms with Crippen LogP contribution in [0.4, 0.5) is 17.5 Å². The summed E-state index contributed by atoms with van der Waals surface area (Å²) in [5.41, 5.74) is 3.70. The molecule has 2 aromatic heterocycles. The van der Waals surface area contributed by atoms with E-state index < -0.39 is 0 Å². The minimum absolute atomic E-state index is 0.107. The Balaban J connectivity index is 1.38. The second-order valence-corrected chi connectivity index (χ2v) is 6.99. The van der Waals surface area contributed by atoms with Gasteiger partial charge in [0, 0.05) is 44.3 Å². The number of aryl methyl sites for hydroxylation is 1. The first-order valence-corrected chi connectivity index (χ1v) is 9.58. The summed E-state index contributed by atoms with van der Waals surface area (Å²) < 4.78 is 0. The third kappa shape index (κ3) is 4.16. The highest BCUT2D eigenvalue weighted by Gasteiger charge is 2.24. The Hall–Kier alpha value is -3.55. The number of hydrogen-bond donors (Lipinski definition) is 1. The Kier molecular flexibility index (Phi) is 5.33. The van der Waals surface area contributed by atoms with Crippen molar-refractivity contribution in [2.75, 3.05) is 36.4 Å². The van der Waals surface area contributed by atoms with Crippen molar-refractivity contribution in [1.29, 1.82) is 0 Å². The highest BCUT2D eigenvalue weighted by Crippen LogP contribution is 2.21. The van der Waals surface area contributed by atoms with Crippen LogP contribution in [-0.4, -0.2) is 56.9 Å². The fourth-order valence-corrected chi connectivity index (χ4v) is 3.25. The van der Waals surface area contributed by atoms with Crippen LogP contribution in [0.5, 0.6) is 0 Å². The Bertz CT molecular complexity index is 984. The van der Waals surface area contributed by atoms with Crippen molar-refractivity contribution in [2.24, 2.45) is 0 Å². The predicted molar refractivity (Wildman–Crippen MR) is 111 cm³/mol. The van der Waals surface area contributed by atoms with Gasteiger partial charge in [-0.1, -0.05) is 12.1 Å². The van der Waals surface area contributed by atoms with Gasteiger partial charge < -0.3 is 15.1 Å². The molecule has 4 rings (SSSR count). The van der Waals surface area contributed by atoms with E-state index in [1.807, 2.05) is 12.1 Å². The third-order valence-electron chi connectivity index (χ3n) is 5.14. The number of rotatable bonds is 4. The maximum atomic E-state index is 12.8. The van der Waals surface area contributed by atoms with Crippen molar-refractivity contribution < 1.29 is 4.79 Å². The van der Waals surface area contributed by atoms with Crippen LogP contribution in [0.25, 0.3) is 0 Å². The van der Waals surface area contributed by atoms with Gasteiger partial charge in [-0.15, -0.1) is 0 Å². The van der Waals surface area contributed by atoms with Crippen LogP contribution in [0.3, 0.4) is 0 Å². The summed E-state index contributed by atoms with van der Waals surface area (Å²) in [6.45, 7) is 6.70. The lowest BCUT2D eigenvalue weighted by atomic mass is 10.1. The van der Waals surface area contributed by atoms with E-state index in [-0.39, 0.29) is 5.91 Å². The maximum absolute atomic E-state index is 12.8. The van der Waals surface area contributed by atoms with Gasteiger partial charge in [0.05, 0.1) is 12.4 Å². The van der Waals surface area contributed by atoms with Crippen molar-refractivity contribution in [3.8, 4) is 0 Å². The van der Waals surface area contributed by atoms with Crippen molar-refractivity contribution in [3.05, 3.63) is 65.9 Å². The molecule has 0 saturated carbocycles. The number of anilines is 3. The predicted octanol–water partition coefficient (Wildman–Crippen LogP) is 2.59. The molecule has 1 N–H and O–H groups in total. The molecule has 0 atom stereocenters. The second kappa shape index (κ2) is 8.22. The molecule has 3 aromatic rings. The van der Waals surface area contributed by atoms with E-state index in [9.17, 15) is 4.79 Å². The molecule has 1 fully saturated rings. The Morgan fingerprint density at radius 1 is 0.931 bits per heavy atom. The number of benzene rings is 1. The van der Waals surface area contributed by atoms with E-state index in [2.05, 4.69) is 50.1 Å². The highest BCUT2D eigenvalue weighted by atomic mass is 16.2. The summed E-state index contributed by atoms with van der Waals surface area (Å²) in [4.78, 5) is 33.9. The Morgan fingerprint density at radius 3 is 2.38 bits per heavy atom. The van der Waals surface area contributed by atoms with E-state index in [0.29, 0.717) is 43.6 Å². The largest absolute Gasteiger partial charge is 0.339 e. The Morgan fingerprint density at radius 2 is 1.69 bits per heavy atom. The molecule has 1 amide bonds. The topological polar surface area (TPSA) is 87.1 Å². The van der Waals surface area contributed by atoms with Gasteiger partial charge in [0.15, 0.2) is 0 Å². The zero-order valence-electron chi connectivity index (χ0n) is 16.5. The molecular weight excluding hydrogens is 366 g/mol. The highest BCUT2D eigenvalue weighted by molar-refractivity contribution is 5.92. The van der Waals surface area contributed by atoms with E-state index in [1.165, 1.54) is 11.8 Å². The van der Waals surface area contributed by atoms with Gasteiger partial charge in [0.25, 0.3) is 5.91 Å². The zero-order chi connectivity index (χ0) is 20.2. The van der Waals surface area contributed by atoms with Crippen molar-refractivity contribution in [3.63, 3.8) is 0 Å². The van der Waals surface area contributed by atoms with Crippen LogP contribution in [0.15, 0.2) is 49.1 Å². The lowest BCUT2D eigenvalue weighted by molar-refractivity contribution is 0.0740. The number of carbonyl (C=O) groups is 1. The van der Waals surface area contributed by atoms with Crippen LogP contribution in [0, 0.1) is 13.8 Å². The Labute approximate surface area is 169 Å². The average Bonchev–Trinajstić information content (AvgIpc) is 2.78. The van der Waals surface area contributed by atoms with E-state index >= 15 is 0 Å². The third-order valence-corrected chi connectivity index (χ3v) is 5.14. The van der Waals surface area contributed by atoms with Gasteiger partial charge in [-0.25, -0.2) is 19.9 Å². The maximum Gasteiger partial charge on any atom is 0.274 e. The molecule has 0 radical (unpaired) electrons. The van der Waals surface area contributed by atoms with Crippen molar-refractivity contribution >= 4 is 23.4 Å². The summed E-state index contributed by atoms with van der Waals surface area (Å²) in [5.74, 6) is 1.20. The summed E-state index contributed by atoms with van der Waals surface area (Å²) in [5, 5.41) is 3.26. The first-order valence-electron chi connectivity index (χ1n) is 9.58. The first kappa shape index (κ1) is 18.8. The van der Waals surface area contributed by atoms with Crippen LogP contribution in [0.2, 0.25) is 0 Å². The molecular formula is C21H23N7O. The van der Waals surface area contributed by atoms with E-state index in [0.717, 1.165) is 11.3 Å². The lowest BCUT2D eigenvalue weighted by Gasteiger charge is -2.34. The van der Waals surface area contributed by atoms with Gasteiger partial charge in [-0.3, -0.25) is 4.79 Å². The van der Waals surface area contributed by atoms with Gasteiger partial charge in [0.2, 0.25) is 5.95 Å². The number of carbonyl (C=O) groups excluding carboxylic acids is 1. The van der Waals surface area contributed by atoms with E-state index in [1.54, 1.807) is 29.6 Å². The van der Waals surface area contributed by atoms with Gasteiger partial charge in [0.1, 0.15) is 11.5 Å². The van der Waals surface area contributed by atoms with Crippen LogP contribution in [0.1, 0.15) is 21.6 Å². The molecule has 29 heavy (non-hydrogen) atoms. The van der Waals surface area contributed by atoms with Gasteiger partial charge >= 0.3 is 0 Å². The number of piperazine rings is 1. The number of aromatic nitrogens is 4. The fraction of sp³-hybridized carbons (Fsp3) is 0.286. The number of hydrogen-bond acceptors (Lipinski definition) is 7. The number of nitrogens with one attached hydrogen (secondary N) is 1. The molecule has 8 nitrogen and oxygen atoms in total.